The van der Waals surface area contributed by atoms with E-state index in [1.807, 2.05) is 30.3 Å². The molecule has 0 radical (unpaired) electrons. The van der Waals surface area contributed by atoms with Crippen LogP contribution in [0.2, 0.25) is 0 Å². The van der Waals surface area contributed by atoms with Gasteiger partial charge in [-0.15, -0.1) is 0 Å². The van der Waals surface area contributed by atoms with Gasteiger partial charge in [-0.1, -0.05) is 30.3 Å². The van der Waals surface area contributed by atoms with Gasteiger partial charge in [-0.25, -0.2) is 0 Å². The van der Waals surface area contributed by atoms with Crippen molar-refractivity contribution in [2.45, 2.75) is 31.8 Å². The van der Waals surface area contributed by atoms with E-state index in [4.69, 9.17) is 0 Å². The maximum absolute atomic E-state index is 11.6. The lowest BCUT2D eigenvalue weighted by molar-refractivity contribution is -0.139. The van der Waals surface area contributed by atoms with E-state index < -0.39 is 11.8 Å². The molecule has 5 nitrogen and oxygen atoms in total. The Labute approximate surface area is 124 Å². The molecule has 0 spiro atoms. The summed E-state index contributed by atoms with van der Waals surface area (Å²) in [6.45, 7) is 0.767. The number of hydrogen-bond donors (Lipinski definition) is 3. The number of carbonyl (C=O) groups is 2. The Hall–Kier alpha value is -1.88. The van der Waals surface area contributed by atoms with Gasteiger partial charge in [-0.3, -0.25) is 9.59 Å². The van der Waals surface area contributed by atoms with Crippen molar-refractivity contribution in [3.8, 4) is 0 Å². The topological polar surface area (TPSA) is 78.4 Å². The summed E-state index contributed by atoms with van der Waals surface area (Å²) < 4.78 is 0. The van der Waals surface area contributed by atoms with Gasteiger partial charge >= 0.3 is 11.8 Å². The van der Waals surface area contributed by atoms with Crippen molar-refractivity contribution in [1.29, 1.82) is 0 Å². The Morgan fingerprint density at radius 3 is 2.33 bits per heavy atom. The average molecular weight is 290 g/mol. The van der Waals surface area contributed by atoms with Crippen molar-refractivity contribution < 1.29 is 14.7 Å². The first-order chi connectivity index (χ1) is 10.2. The molecular weight excluding hydrogens is 268 g/mol. The Balaban J connectivity index is 1.57. The van der Waals surface area contributed by atoms with Crippen LogP contribution < -0.4 is 10.6 Å². The fourth-order valence-electron chi connectivity index (χ4n) is 2.18. The number of hydrogen-bond acceptors (Lipinski definition) is 3. The first-order valence-corrected chi connectivity index (χ1v) is 7.45. The lowest BCUT2D eigenvalue weighted by Gasteiger charge is -2.10. The van der Waals surface area contributed by atoms with E-state index >= 15 is 0 Å². The lowest BCUT2D eigenvalue weighted by atomic mass is 10.1. The molecule has 1 aromatic carbocycles. The summed E-state index contributed by atoms with van der Waals surface area (Å²) in [6, 6.07) is 9.77. The van der Waals surface area contributed by atoms with E-state index in [-0.39, 0.29) is 6.10 Å². The predicted octanol–water partition coefficient (Wildman–Crippen LogP) is 0.622. The Morgan fingerprint density at radius 2 is 1.71 bits per heavy atom. The first kappa shape index (κ1) is 15.5. The zero-order valence-electron chi connectivity index (χ0n) is 12.0. The van der Waals surface area contributed by atoms with Gasteiger partial charge in [0.2, 0.25) is 0 Å². The van der Waals surface area contributed by atoms with Gasteiger partial charge in [0.1, 0.15) is 0 Å². The zero-order chi connectivity index (χ0) is 15.1. The van der Waals surface area contributed by atoms with Crippen molar-refractivity contribution in [1.82, 2.24) is 10.6 Å². The monoisotopic (exact) mass is 290 g/mol. The standard InChI is InChI=1S/C16H22N2O3/c19-14(13-6-7-13)9-11-18-16(21)15(20)17-10-8-12-4-2-1-3-5-12/h1-5,13-14,19H,6-11H2,(H,17,20)(H,18,21). The predicted molar refractivity (Wildman–Crippen MR) is 79.5 cm³/mol. The zero-order valence-corrected chi connectivity index (χ0v) is 12.0. The summed E-state index contributed by atoms with van der Waals surface area (Å²) in [5.41, 5.74) is 1.12. The van der Waals surface area contributed by atoms with Crippen LogP contribution in [-0.2, 0) is 16.0 Å². The average Bonchev–Trinajstić information content (AvgIpc) is 3.32. The van der Waals surface area contributed by atoms with Crippen LogP contribution in [0, 0.1) is 5.92 Å². The number of benzene rings is 1. The number of carbonyl (C=O) groups excluding carboxylic acids is 2. The van der Waals surface area contributed by atoms with Gasteiger partial charge < -0.3 is 15.7 Å². The molecule has 1 atom stereocenters. The van der Waals surface area contributed by atoms with Gasteiger partial charge in [0.15, 0.2) is 0 Å². The van der Waals surface area contributed by atoms with Gasteiger partial charge in [0.25, 0.3) is 0 Å². The minimum Gasteiger partial charge on any atom is -0.393 e. The summed E-state index contributed by atoms with van der Waals surface area (Å²) >= 11 is 0. The maximum atomic E-state index is 11.6. The Kier molecular flexibility index (Phi) is 5.75. The molecule has 1 aliphatic rings. The van der Waals surface area contributed by atoms with Crippen LogP contribution in [0.3, 0.4) is 0 Å². The summed E-state index contributed by atoms with van der Waals surface area (Å²) in [7, 11) is 0. The van der Waals surface area contributed by atoms with E-state index in [1.54, 1.807) is 0 Å². The van der Waals surface area contributed by atoms with Crippen LogP contribution in [0.1, 0.15) is 24.8 Å². The number of rotatable bonds is 7. The molecule has 5 heteroatoms. The van der Waals surface area contributed by atoms with E-state index in [2.05, 4.69) is 10.6 Å². The van der Waals surface area contributed by atoms with E-state index in [1.165, 1.54) is 0 Å². The third kappa shape index (κ3) is 5.55. The summed E-state index contributed by atoms with van der Waals surface area (Å²) in [4.78, 5) is 23.1. The molecule has 2 rings (SSSR count). The molecule has 2 amide bonds. The third-order valence-corrected chi connectivity index (χ3v) is 3.64. The minimum atomic E-state index is -0.633. The maximum Gasteiger partial charge on any atom is 0.309 e. The van der Waals surface area contributed by atoms with E-state index in [0.29, 0.717) is 31.8 Å². The molecule has 0 heterocycles. The molecule has 21 heavy (non-hydrogen) atoms. The second kappa shape index (κ2) is 7.78. The Morgan fingerprint density at radius 1 is 1.10 bits per heavy atom. The molecule has 0 bridgehead atoms. The van der Waals surface area contributed by atoms with Crippen molar-refractivity contribution in [3.05, 3.63) is 35.9 Å². The van der Waals surface area contributed by atoms with Gasteiger partial charge in [0, 0.05) is 13.1 Å². The van der Waals surface area contributed by atoms with Crippen LogP contribution in [0.5, 0.6) is 0 Å². The molecule has 3 N–H and O–H groups in total. The van der Waals surface area contributed by atoms with Crippen LogP contribution in [0.4, 0.5) is 0 Å². The van der Waals surface area contributed by atoms with Gasteiger partial charge in [0.05, 0.1) is 6.10 Å². The van der Waals surface area contributed by atoms with Crippen molar-refractivity contribution in [2.24, 2.45) is 5.92 Å². The fraction of sp³-hybridized carbons (Fsp3) is 0.500. The lowest BCUT2D eigenvalue weighted by Crippen LogP contribution is -2.41. The molecule has 0 saturated heterocycles. The van der Waals surface area contributed by atoms with Crippen molar-refractivity contribution in [2.75, 3.05) is 13.1 Å². The smallest absolute Gasteiger partial charge is 0.309 e. The number of nitrogens with one attached hydrogen (secondary N) is 2. The van der Waals surface area contributed by atoms with Crippen molar-refractivity contribution >= 4 is 11.8 Å². The Bertz CT molecular complexity index is 472. The SMILES string of the molecule is O=C(NCCc1ccccc1)C(=O)NCCC(O)C1CC1. The second-order valence-corrected chi connectivity index (χ2v) is 5.44. The third-order valence-electron chi connectivity index (χ3n) is 3.64. The largest absolute Gasteiger partial charge is 0.393 e. The molecule has 1 aromatic rings. The highest BCUT2D eigenvalue weighted by Crippen LogP contribution is 2.33. The number of aliphatic hydroxyl groups is 1. The normalized spacial score (nSPS) is 15.3. The minimum absolute atomic E-state index is 0.336. The molecular formula is C16H22N2O3. The highest BCUT2D eigenvalue weighted by Gasteiger charge is 2.29. The number of amides is 2. The fourth-order valence-corrected chi connectivity index (χ4v) is 2.18. The summed E-state index contributed by atoms with van der Waals surface area (Å²) in [5, 5.41) is 14.8. The quantitative estimate of drug-likeness (QED) is 0.644. The van der Waals surface area contributed by atoms with Crippen LogP contribution in [0.25, 0.3) is 0 Å². The van der Waals surface area contributed by atoms with E-state index in [0.717, 1.165) is 18.4 Å². The highest BCUT2D eigenvalue weighted by atomic mass is 16.3. The second-order valence-electron chi connectivity index (χ2n) is 5.44. The molecule has 0 aromatic heterocycles. The molecule has 1 aliphatic carbocycles. The van der Waals surface area contributed by atoms with Gasteiger partial charge in [-0.05, 0) is 37.2 Å². The van der Waals surface area contributed by atoms with E-state index in [9.17, 15) is 14.7 Å². The van der Waals surface area contributed by atoms with Crippen LogP contribution in [0.15, 0.2) is 30.3 Å². The summed E-state index contributed by atoms with van der Waals surface area (Å²) in [6.07, 6.45) is 2.98. The molecule has 1 fully saturated rings. The molecule has 1 unspecified atom stereocenters. The number of aliphatic hydroxyl groups excluding tert-OH is 1. The van der Waals surface area contributed by atoms with Crippen LogP contribution in [-0.4, -0.2) is 36.1 Å². The molecule has 1 saturated carbocycles. The molecule has 114 valence electrons. The first-order valence-electron chi connectivity index (χ1n) is 7.45. The van der Waals surface area contributed by atoms with Crippen molar-refractivity contribution in [3.63, 3.8) is 0 Å². The van der Waals surface area contributed by atoms with Gasteiger partial charge in [-0.2, -0.15) is 0 Å². The summed E-state index contributed by atoms with van der Waals surface area (Å²) in [5.74, 6) is -0.862. The van der Waals surface area contributed by atoms with Crippen LogP contribution >= 0.6 is 0 Å². The molecule has 0 aliphatic heterocycles. The highest BCUT2D eigenvalue weighted by molar-refractivity contribution is 6.35.